The molecule has 0 aromatic heterocycles. The zero-order valence-electron chi connectivity index (χ0n) is 10.2. The van der Waals surface area contributed by atoms with E-state index in [1.807, 2.05) is 0 Å². The minimum absolute atomic E-state index is 0.0525. The summed E-state index contributed by atoms with van der Waals surface area (Å²) in [5, 5.41) is 9.92. The highest BCUT2D eigenvalue weighted by atomic mass is 35.5. The SMILES string of the molecule is O=S(=O)(NCC1(O)CCCC1)c1ccc(F)cc1Cl. The second-order valence-electron chi connectivity index (χ2n) is 4.83. The van der Waals surface area contributed by atoms with Crippen molar-refractivity contribution >= 4 is 21.6 Å². The predicted molar refractivity (Wildman–Crippen MR) is 70.0 cm³/mol. The van der Waals surface area contributed by atoms with Gasteiger partial charge in [0.25, 0.3) is 0 Å². The summed E-state index contributed by atoms with van der Waals surface area (Å²) in [6, 6.07) is 3.09. The molecule has 1 aromatic carbocycles. The van der Waals surface area contributed by atoms with Crippen LogP contribution < -0.4 is 4.72 Å². The van der Waals surface area contributed by atoms with Gasteiger partial charge >= 0.3 is 0 Å². The molecule has 0 bridgehead atoms. The lowest BCUT2D eigenvalue weighted by Gasteiger charge is -2.22. The van der Waals surface area contributed by atoms with E-state index < -0.39 is 21.4 Å². The molecule has 1 aliphatic carbocycles. The molecular formula is C12H15ClFNO3S. The summed E-state index contributed by atoms with van der Waals surface area (Å²) in [5.41, 5.74) is -0.987. The monoisotopic (exact) mass is 307 g/mol. The van der Waals surface area contributed by atoms with E-state index in [0.717, 1.165) is 31.0 Å². The number of aliphatic hydroxyl groups is 1. The van der Waals surface area contributed by atoms with E-state index in [9.17, 15) is 17.9 Å². The highest BCUT2D eigenvalue weighted by molar-refractivity contribution is 7.89. The molecule has 1 aromatic rings. The van der Waals surface area contributed by atoms with Crippen molar-refractivity contribution < 1.29 is 17.9 Å². The van der Waals surface area contributed by atoms with Crippen molar-refractivity contribution in [3.05, 3.63) is 29.0 Å². The van der Waals surface area contributed by atoms with Crippen LogP contribution in [0.4, 0.5) is 4.39 Å². The van der Waals surface area contributed by atoms with Gasteiger partial charge in [-0.25, -0.2) is 17.5 Å². The molecule has 4 nitrogen and oxygen atoms in total. The van der Waals surface area contributed by atoms with E-state index in [1.165, 1.54) is 0 Å². The lowest BCUT2D eigenvalue weighted by atomic mass is 10.0. The summed E-state index contributed by atoms with van der Waals surface area (Å²) in [6.07, 6.45) is 2.92. The minimum atomic E-state index is -3.84. The first-order valence-corrected chi connectivity index (χ1v) is 7.86. The van der Waals surface area contributed by atoms with Gasteiger partial charge in [-0.15, -0.1) is 0 Å². The topological polar surface area (TPSA) is 66.4 Å². The summed E-state index contributed by atoms with van der Waals surface area (Å²) < 4.78 is 39.3. The zero-order chi connectivity index (χ0) is 14.1. The average Bonchev–Trinajstić information content (AvgIpc) is 2.74. The third-order valence-electron chi connectivity index (χ3n) is 3.31. The van der Waals surface area contributed by atoms with Crippen LogP contribution in [-0.4, -0.2) is 25.7 Å². The fourth-order valence-corrected chi connectivity index (χ4v) is 3.86. The van der Waals surface area contributed by atoms with Gasteiger partial charge in [-0.2, -0.15) is 0 Å². The van der Waals surface area contributed by atoms with E-state index in [1.54, 1.807) is 0 Å². The van der Waals surface area contributed by atoms with Gasteiger partial charge in [-0.1, -0.05) is 24.4 Å². The Labute approximate surface area is 116 Å². The van der Waals surface area contributed by atoms with Gasteiger partial charge in [-0.05, 0) is 31.0 Å². The Bertz CT molecular complexity index is 570. The molecule has 0 unspecified atom stereocenters. The molecule has 0 atom stereocenters. The summed E-state index contributed by atoms with van der Waals surface area (Å²) in [7, 11) is -3.84. The molecule has 106 valence electrons. The van der Waals surface area contributed by atoms with Crippen LogP contribution in [0, 0.1) is 5.82 Å². The number of nitrogens with one attached hydrogen (secondary N) is 1. The Kier molecular flexibility index (Phi) is 4.15. The van der Waals surface area contributed by atoms with Crippen molar-refractivity contribution in [3.63, 3.8) is 0 Å². The van der Waals surface area contributed by atoms with Crippen molar-refractivity contribution in [1.29, 1.82) is 0 Å². The van der Waals surface area contributed by atoms with Gasteiger partial charge < -0.3 is 5.11 Å². The van der Waals surface area contributed by atoms with E-state index in [0.29, 0.717) is 12.8 Å². The average molecular weight is 308 g/mol. The first-order valence-electron chi connectivity index (χ1n) is 6.00. The van der Waals surface area contributed by atoms with Crippen molar-refractivity contribution in [1.82, 2.24) is 4.72 Å². The summed E-state index contributed by atoms with van der Waals surface area (Å²) in [4.78, 5) is -0.183. The second-order valence-corrected chi connectivity index (χ2v) is 6.97. The highest BCUT2D eigenvalue weighted by Gasteiger charge is 2.32. The fourth-order valence-electron chi connectivity index (χ4n) is 2.21. The molecule has 0 radical (unpaired) electrons. The van der Waals surface area contributed by atoms with Crippen LogP contribution in [0.3, 0.4) is 0 Å². The number of benzene rings is 1. The van der Waals surface area contributed by atoms with Crippen molar-refractivity contribution in [2.75, 3.05) is 6.54 Å². The van der Waals surface area contributed by atoms with E-state index in [4.69, 9.17) is 11.6 Å². The summed E-state index contributed by atoms with van der Waals surface area (Å²) in [5.74, 6) is -0.599. The molecule has 0 amide bonds. The van der Waals surface area contributed by atoms with Crippen molar-refractivity contribution in [2.24, 2.45) is 0 Å². The molecule has 2 rings (SSSR count). The second kappa shape index (κ2) is 5.36. The van der Waals surface area contributed by atoms with Gasteiger partial charge in [0.05, 0.1) is 10.6 Å². The maximum atomic E-state index is 12.9. The third-order valence-corrected chi connectivity index (χ3v) is 5.19. The van der Waals surface area contributed by atoms with E-state index in [2.05, 4.69) is 4.72 Å². The number of hydrogen-bond donors (Lipinski definition) is 2. The van der Waals surface area contributed by atoms with Crippen LogP contribution in [-0.2, 0) is 10.0 Å². The molecule has 1 saturated carbocycles. The van der Waals surface area contributed by atoms with Gasteiger partial charge in [0.15, 0.2) is 0 Å². The maximum Gasteiger partial charge on any atom is 0.242 e. The van der Waals surface area contributed by atoms with E-state index in [-0.39, 0.29) is 16.5 Å². The fraction of sp³-hybridized carbons (Fsp3) is 0.500. The predicted octanol–water partition coefficient (Wildman–Crippen LogP) is 2.06. The number of hydrogen-bond acceptors (Lipinski definition) is 3. The minimum Gasteiger partial charge on any atom is -0.389 e. The Morgan fingerprint density at radius 3 is 2.58 bits per heavy atom. The summed E-state index contributed by atoms with van der Waals surface area (Å²) in [6.45, 7) is -0.0525. The maximum absolute atomic E-state index is 12.9. The smallest absolute Gasteiger partial charge is 0.242 e. The molecule has 7 heteroatoms. The van der Waals surface area contributed by atoms with Crippen LogP contribution in [0.1, 0.15) is 25.7 Å². The Morgan fingerprint density at radius 2 is 2.00 bits per heavy atom. The molecule has 0 spiro atoms. The third kappa shape index (κ3) is 3.45. The summed E-state index contributed by atoms with van der Waals surface area (Å²) >= 11 is 5.72. The number of rotatable bonds is 4. The normalized spacial score (nSPS) is 18.7. The van der Waals surface area contributed by atoms with Crippen LogP contribution >= 0.6 is 11.6 Å². The van der Waals surface area contributed by atoms with Crippen LogP contribution in [0.5, 0.6) is 0 Å². The van der Waals surface area contributed by atoms with Crippen LogP contribution in [0.25, 0.3) is 0 Å². The van der Waals surface area contributed by atoms with Crippen molar-refractivity contribution in [3.8, 4) is 0 Å². The standard InChI is InChI=1S/C12H15ClFNO3S/c13-10-7-9(14)3-4-11(10)19(17,18)15-8-12(16)5-1-2-6-12/h3-4,7,15-16H,1-2,5-6,8H2. The van der Waals surface area contributed by atoms with Gasteiger partial charge in [0.2, 0.25) is 10.0 Å². The first kappa shape index (κ1) is 14.7. The molecule has 0 saturated heterocycles. The van der Waals surface area contributed by atoms with E-state index >= 15 is 0 Å². The molecule has 2 N–H and O–H groups in total. The lowest BCUT2D eigenvalue weighted by Crippen LogP contribution is -2.40. The first-order chi connectivity index (χ1) is 8.82. The Balaban J connectivity index is 2.14. The number of halogens is 2. The molecule has 0 aliphatic heterocycles. The molecule has 1 fully saturated rings. The molecular weight excluding hydrogens is 293 g/mol. The van der Waals surface area contributed by atoms with Gasteiger partial charge in [0.1, 0.15) is 10.7 Å². The quantitative estimate of drug-likeness (QED) is 0.895. The molecule has 1 aliphatic rings. The number of sulfonamides is 1. The molecule has 19 heavy (non-hydrogen) atoms. The van der Waals surface area contributed by atoms with Gasteiger partial charge in [-0.3, -0.25) is 0 Å². The van der Waals surface area contributed by atoms with Gasteiger partial charge in [0, 0.05) is 6.54 Å². The largest absolute Gasteiger partial charge is 0.389 e. The highest BCUT2D eigenvalue weighted by Crippen LogP contribution is 2.29. The molecule has 0 heterocycles. The zero-order valence-corrected chi connectivity index (χ0v) is 11.8. The Hall–Kier alpha value is -0.690. The van der Waals surface area contributed by atoms with Crippen molar-refractivity contribution in [2.45, 2.75) is 36.2 Å². The van der Waals surface area contributed by atoms with Crippen LogP contribution in [0.15, 0.2) is 23.1 Å². The lowest BCUT2D eigenvalue weighted by molar-refractivity contribution is 0.0532. The Morgan fingerprint density at radius 1 is 1.37 bits per heavy atom. The van der Waals surface area contributed by atoms with Crippen LogP contribution in [0.2, 0.25) is 5.02 Å².